The van der Waals surface area contributed by atoms with Crippen molar-refractivity contribution in [2.45, 2.75) is 38.9 Å². The summed E-state index contributed by atoms with van der Waals surface area (Å²) in [6.45, 7) is 4.78. The summed E-state index contributed by atoms with van der Waals surface area (Å²) >= 11 is 0. The summed E-state index contributed by atoms with van der Waals surface area (Å²) in [6.07, 6.45) is 4.62. The number of ether oxygens (including phenoxy) is 1. The van der Waals surface area contributed by atoms with Crippen LogP contribution in [0.2, 0.25) is 0 Å². The molecule has 2 aromatic carbocycles. The SMILES string of the molecule is Cc1cc(-c2ccc3c(c2)CC[C@H](CNC[C@H](O)c2cccnc2)O3)cc(C)c1C(=O)O. The third-order valence-corrected chi connectivity index (χ3v) is 5.95. The molecule has 0 unspecified atom stereocenters. The third kappa shape index (κ3) is 4.82. The number of aromatic carboxylic acids is 1. The number of carbonyl (C=O) groups is 1. The van der Waals surface area contributed by atoms with Gasteiger partial charge in [-0.15, -0.1) is 0 Å². The number of carboxylic acids is 1. The van der Waals surface area contributed by atoms with Crippen molar-refractivity contribution in [2.75, 3.05) is 13.1 Å². The maximum atomic E-state index is 11.5. The van der Waals surface area contributed by atoms with Crippen LogP contribution in [0.5, 0.6) is 5.75 Å². The Kier molecular flexibility index (Phi) is 6.53. The highest BCUT2D eigenvalue weighted by Gasteiger charge is 2.21. The zero-order valence-corrected chi connectivity index (χ0v) is 18.3. The van der Waals surface area contributed by atoms with Crippen molar-refractivity contribution in [1.29, 1.82) is 0 Å². The lowest BCUT2D eigenvalue weighted by molar-refractivity contribution is 0.0695. The van der Waals surface area contributed by atoms with Gasteiger partial charge in [0.25, 0.3) is 0 Å². The van der Waals surface area contributed by atoms with Gasteiger partial charge in [0.15, 0.2) is 0 Å². The molecular weight excluding hydrogens is 404 g/mol. The van der Waals surface area contributed by atoms with Crippen molar-refractivity contribution in [3.05, 3.63) is 82.7 Å². The molecular formula is C26H28N2O4. The van der Waals surface area contributed by atoms with Crippen LogP contribution in [0.4, 0.5) is 0 Å². The van der Waals surface area contributed by atoms with Crippen LogP contribution in [0.25, 0.3) is 11.1 Å². The van der Waals surface area contributed by atoms with Gasteiger partial charge in [-0.25, -0.2) is 4.79 Å². The van der Waals surface area contributed by atoms with E-state index >= 15 is 0 Å². The zero-order valence-electron chi connectivity index (χ0n) is 18.3. The molecule has 0 bridgehead atoms. The summed E-state index contributed by atoms with van der Waals surface area (Å²) in [5.74, 6) is -0.00629. The number of carboxylic acid groups (broad SMARTS) is 1. The van der Waals surface area contributed by atoms with Crippen LogP contribution in [0.3, 0.4) is 0 Å². The summed E-state index contributed by atoms with van der Waals surface area (Å²) in [4.78, 5) is 15.5. The number of rotatable bonds is 7. The van der Waals surface area contributed by atoms with Crippen LogP contribution in [0.15, 0.2) is 54.9 Å². The number of aryl methyl sites for hydroxylation is 3. The molecule has 1 aromatic heterocycles. The van der Waals surface area contributed by atoms with Gasteiger partial charge in [-0.2, -0.15) is 0 Å². The van der Waals surface area contributed by atoms with Gasteiger partial charge >= 0.3 is 5.97 Å². The smallest absolute Gasteiger partial charge is 0.336 e. The van der Waals surface area contributed by atoms with Crippen molar-refractivity contribution >= 4 is 5.97 Å². The maximum absolute atomic E-state index is 11.5. The fraction of sp³-hybridized carbons (Fsp3) is 0.308. The van der Waals surface area contributed by atoms with E-state index in [1.54, 1.807) is 12.4 Å². The minimum Gasteiger partial charge on any atom is -0.489 e. The lowest BCUT2D eigenvalue weighted by atomic mass is 9.93. The van der Waals surface area contributed by atoms with E-state index in [0.29, 0.717) is 18.7 Å². The van der Waals surface area contributed by atoms with Crippen molar-refractivity contribution in [3.8, 4) is 16.9 Å². The molecule has 32 heavy (non-hydrogen) atoms. The van der Waals surface area contributed by atoms with E-state index < -0.39 is 12.1 Å². The Morgan fingerprint density at radius 2 is 1.97 bits per heavy atom. The fourth-order valence-electron chi connectivity index (χ4n) is 4.31. The van der Waals surface area contributed by atoms with Gasteiger partial charge in [0.1, 0.15) is 11.9 Å². The van der Waals surface area contributed by atoms with Crippen LogP contribution >= 0.6 is 0 Å². The van der Waals surface area contributed by atoms with Crippen molar-refractivity contribution in [1.82, 2.24) is 10.3 Å². The molecule has 0 spiro atoms. The number of benzene rings is 2. The summed E-state index contributed by atoms with van der Waals surface area (Å²) in [5, 5.41) is 23.0. The Balaban J connectivity index is 1.39. The number of nitrogens with one attached hydrogen (secondary N) is 1. The zero-order chi connectivity index (χ0) is 22.7. The number of aliphatic hydroxyl groups excluding tert-OH is 1. The molecule has 0 amide bonds. The molecule has 6 nitrogen and oxygen atoms in total. The summed E-state index contributed by atoms with van der Waals surface area (Å²) in [5.41, 5.74) is 5.94. The molecule has 2 atom stereocenters. The number of fused-ring (bicyclic) bond motifs is 1. The minimum absolute atomic E-state index is 0.0498. The Hall–Kier alpha value is -3.22. The average molecular weight is 433 g/mol. The molecule has 4 rings (SSSR count). The molecule has 1 aliphatic heterocycles. The highest BCUT2D eigenvalue weighted by molar-refractivity contribution is 5.92. The lowest BCUT2D eigenvalue weighted by Gasteiger charge is -2.27. The Labute approximate surface area is 187 Å². The standard InChI is InChI=1S/C26H28N2O4/c1-16-10-21(11-17(2)25(16)26(30)31)18-6-8-24-19(12-18)5-7-22(32-24)14-28-15-23(29)20-4-3-9-27-13-20/h3-4,6,8-13,22-23,28-29H,5,7,14-15H2,1-2H3,(H,30,31)/t22-,23+/m1/s1. The first kappa shape index (κ1) is 22.0. The summed E-state index contributed by atoms with van der Waals surface area (Å²) in [6, 6.07) is 13.7. The molecule has 1 aliphatic rings. The van der Waals surface area contributed by atoms with Crippen LogP contribution in [-0.2, 0) is 6.42 Å². The first-order valence-electron chi connectivity index (χ1n) is 10.9. The number of hydrogen-bond acceptors (Lipinski definition) is 5. The second-order valence-corrected chi connectivity index (χ2v) is 8.35. The number of hydrogen-bond donors (Lipinski definition) is 3. The monoisotopic (exact) mass is 432 g/mol. The highest BCUT2D eigenvalue weighted by Crippen LogP contribution is 2.33. The van der Waals surface area contributed by atoms with E-state index in [2.05, 4.69) is 16.4 Å². The van der Waals surface area contributed by atoms with Crippen molar-refractivity contribution < 1.29 is 19.7 Å². The summed E-state index contributed by atoms with van der Waals surface area (Å²) < 4.78 is 6.17. The molecule has 0 saturated carbocycles. The van der Waals surface area contributed by atoms with E-state index in [-0.39, 0.29) is 6.10 Å². The molecule has 0 saturated heterocycles. The van der Waals surface area contributed by atoms with E-state index in [1.165, 1.54) is 0 Å². The second kappa shape index (κ2) is 9.51. The van der Waals surface area contributed by atoms with Gasteiger partial charge in [0.05, 0.1) is 11.7 Å². The minimum atomic E-state index is -0.891. The van der Waals surface area contributed by atoms with Gasteiger partial charge < -0.3 is 20.3 Å². The predicted molar refractivity (Wildman–Crippen MR) is 123 cm³/mol. The largest absolute Gasteiger partial charge is 0.489 e. The Morgan fingerprint density at radius 1 is 1.19 bits per heavy atom. The van der Waals surface area contributed by atoms with Gasteiger partial charge in [0, 0.05) is 31.0 Å². The first-order valence-corrected chi connectivity index (χ1v) is 10.9. The number of nitrogens with zero attached hydrogens (tertiary/aromatic N) is 1. The number of aliphatic hydroxyl groups is 1. The second-order valence-electron chi connectivity index (χ2n) is 8.35. The van der Waals surface area contributed by atoms with E-state index in [9.17, 15) is 15.0 Å². The van der Waals surface area contributed by atoms with Gasteiger partial charge in [-0.1, -0.05) is 24.3 Å². The average Bonchev–Trinajstić information content (AvgIpc) is 2.78. The van der Waals surface area contributed by atoms with E-state index in [1.807, 2.05) is 50.2 Å². The van der Waals surface area contributed by atoms with Gasteiger partial charge in [-0.3, -0.25) is 4.98 Å². The van der Waals surface area contributed by atoms with Crippen LogP contribution in [0.1, 0.15) is 45.1 Å². The van der Waals surface area contributed by atoms with Gasteiger partial charge in [-0.05, 0) is 72.7 Å². The molecule has 0 fully saturated rings. The molecule has 3 aromatic rings. The lowest BCUT2D eigenvalue weighted by Crippen LogP contribution is -2.36. The maximum Gasteiger partial charge on any atom is 0.336 e. The van der Waals surface area contributed by atoms with Crippen LogP contribution in [-0.4, -0.2) is 40.4 Å². The fourth-order valence-corrected chi connectivity index (χ4v) is 4.31. The predicted octanol–water partition coefficient (Wildman–Crippen LogP) is 4.08. The Bertz CT molecular complexity index is 1090. The number of pyridine rings is 1. The highest BCUT2D eigenvalue weighted by atomic mass is 16.5. The molecule has 3 N–H and O–H groups in total. The third-order valence-electron chi connectivity index (χ3n) is 5.95. The number of aromatic nitrogens is 1. The normalized spacial score (nSPS) is 16.2. The molecule has 0 radical (unpaired) electrons. The van der Waals surface area contributed by atoms with Crippen molar-refractivity contribution in [3.63, 3.8) is 0 Å². The Morgan fingerprint density at radius 3 is 2.66 bits per heavy atom. The van der Waals surface area contributed by atoms with Crippen LogP contribution < -0.4 is 10.1 Å². The molecule has 0 aliphatic carbocycles. The van der Waals surface area contributed by atoms with Gasteiger partial charge in [0.2, 0.25) is 0 Å². The first-order chi connectivity index (χ1) is 15.4. The van der Waals surface area contributed by atoms with E-state index in [0.717, 1.165) is 52.0 Å². The molecule has 2 heterocycles. The van der Waals surface area contributed by atoms with Crippen molar-refractivity contribution in [2.24, 2.45) is 0 Å². The topological polar surface area (TPSA) is 91.7 Å². The summed E-state index contributed by atoms with van der Waals surface area (Å²) in [7, 11) is 0. The molecule has 6 heteroatoms. The quantitative estimate of drug-likeness (QED) is 0.521. The molecule has 166 valence electrons. The van der Waals surface area contributed by atoms with E-state index in [4.69, 9.17) is 4.74 Å². The van der Waals surface area contributed by atoms with Crippen LogP contribution in [0, 0.1) is 13.8 Å².